The highest BCUT2D eigenvalue weighted by Crippen LogP contribution is 2.51. The minimum absolute atomic E-state index is 0.0696. The fraction of sp³-hybridized carbons (Fsp3) is 0.593. The summed E-state index contributed by atoms with van der Waals surface area (Å²) in [6.45, 7) is 5.24. The van der Waals surface area contributed by atoms with Crippen LogP contribution in [0.1, 0.15) is 90.2 Å². The first-order valence-electron chi connectivity index (χ1n) is 12.7. The van der Waals surface area contributed by atoms with E-state index in [1.165, 1.54) is 10.4 Å². The lowest BCUT2D eigenvalue weighted by Gasteiger charge is -2.44. The van der Waals surface area contributed by atoms with Gasteiger partial charge >= 0.3 is 5.97 Å². The van der Waals surface area contributed by atoms with Crippen molar-refractivity contribution in [3.05, 3.63) is 51.9 Å². The number of aromatic carboxylic acids is 1. The molecule has 6 heteroatoms. The Hall–Kier alpha value is -1.89. The fourth-order valence-electron chi connectivity index (χ4n) is 5.93. The van der Waals surface area contributed by atoms with Crippen LogP contribution >= 0.6 is 11.3 Å². The Balaban J connectivity index is 1.39. The van der Waals surface area contributed by atoms with Crippen molar-refractivity contribution in [1.82, 2.24) is 4.90 Å². The number of hydrogen-bond acceptors (Lipinski definition) is 5. The molecule has 0 aliphatic carbocycles. The Morgan fingerprint density at radius 1 is 1.24 bits per heavy atom. The lowest BCUT2D eigenvalue weighted by molar-refractivity contribution is 0.0344. The van der Waals surface area contributed by atoms with Crippen molar-refractivity contribution >= 4 is 22.3 Å². The molecule has 178 valence electrons. The van der Waals surface area contributed by atoms with Crippen molar-refractivity contribution in [3.8, 4) is 0 Å². The van der Waals surface area contributed by atoms with E-state index in [9.17, 15) is 9.90 Å². The van der Waals surface area contributed by atoms with Gasteiger partial charge in [0.15, 0.2) is 0 Å². The molecule has 0 spiro atoms. The molecule has 0 radical (unpaired) electrons. The molecule has 2 aromatic rings. The smallest absolute Gasteiger partial charge is 0.339 e. The van der Waals surface area contributed by atoms with E-state index in [4.69, 9.17) is 4.74 Å². The molecule has 1 aromatic heterocycles. The maximum atomic E-state index is 12.5. The fourth-order valence-corrected chi connectivity index (χ4v) is 7.40. The van der Waals surface area contributed by atoms with E-state index in [1.54, 1.807) is 11.3 Å². The van der Waals surface area contributed by atoms with Gasteiger partial charge in [0, 0.05) is 24.1 Å². The van der Waals surface area contributed by atoms with Crippen LogP contribution in [-0.4, -0.2) is 41.9 Å². The van der Waals surface area contributed by atoms with Gasteiger partial charge in [0.25, 0.3) is 0 Å². The molecular formula is C27H36N2O3S. The number of thiophene rings is 1. The van der Waals surface area contributed by atoms with Crippen LogP contribution in [-0.2, 0) is 11.2 Å². The molecule has 3 aliphatic rings. The number of benzene rings is 1. The van der Waals surface area contributed by atoms with Gasteiger partial charge in [-0.05, 0) is 80.9 Å². The summed E-state index contributed by atoms with van der Waals surface area (Å²) in [6.07, 6.45) is 8.68. The number of nitrogens with zero attached hydrogens (tertiary/aromatic N) is 1. The van der Waals surface area contributed by atoms with Gasteiger partial charge in [-0.3, -0.25) is 4.90 Å². The Bertz CT molecular complexity index is 954. The third-order valence-corrected chi connectivity index (χ3v) is 8.90. The third-order valence-electron chi connectivity index (χ3n) is 7.66. The summed E-state index contributed by atoms with van der Waals surface area (Å²) in [4.78, 5) is 16.4. The minimum atomic E-state index is -0.791. The molecule has 33 heavy (non-hydrogen) atoms. The van der Waals surface area contributed by atoms with Crippen LogP contribution in [0.4, 0.5) is 5.00 Å². The molecule has 5 unspecified atom stereocenters. The average molecular weight is 469 g/mol. The number of ether oxygens (including phenoxy) is 1. The van der Waals surface area contributed by atoms with E-state index in [0.29, 0.717) is 23.4 Å². The molecule has 1 aromatic carbocycles. The number of fused-ring (bicyclic) bond motifs is 4. The SMILES string of the molecule is CC(CCc1ccccc1)CC1c2sc(NC3CCCCO3)c(C(=O)O)c2C2CCCN1C2. The third kappa shape index (κ3) is 4.98. The molecule has 2 N–H and O–H groups in total. The number of nitrogens with one attached hydrogen (secondary N) is 1. The zero-order valence-electron chi connectivity index (χ0n) is 19.6. The second-order valence-corrected chi connectivity index (χ2v) is 11.2. The van der Waals surface area contributed by atoms with E-state index in [2.05, 4.69) is 47.5 Å². The van der Waals surface area contributed by atoms with Crippen LogP contribution in [0.15, 0.2) is 30.3 Å². The van der Waals surface area contributed by atoms with Crippen molar-refractivity contribution < 1.29 is 14.6 Å². The number of carbonyl (C=O) groups is 1. The maximum absolute atomic E-state index is 12.5. The van der Waals surface area contributed by atoms with E-state index < -0.39 is 5.97 Å². The minimum Gasteiger partial charge on any atom is -0.478 e. The number of carboxylic acids is 1. The summed E-state index contributed by atoms with van der Waals surface area (Å²) in [5, 5.41) is 14.5. The number of hydrogen-bond donors (Lipinski definition) is 2. The normalized spacial score (nSPS) is 27.5. The van der Waals surface area contributed by atoms with Crippen LogP contribution in [0.2, 0.25) is 0 Å². The lowest BCUT2D eigenvalue weighted by Crippen LogP contribution is -2.42. The van der Waals surface area contributed by atoms with Crippen molar-refractivity contribution in [2.45, 2.75) is 76.5 Å². The quantitative estimate of drug-likeness (QED) is 0.477. The first-order valence-corrected chi connectivity index (χ1v) is 13.5. The second-order valence-electron chi connectivity index (χ2n) is 10.1. The van der Waals surface area contributed by atoms with Gasteiger partial charge in [-0.1, -0.05) is 37.3 Å². The highest BCUT2D eigenvalue weighted by molar-refractivity contribution is 7.16. The maximum Gasteiger partial charge on any atom is 0.339 e. The lowest BCUT2D eigenvalue weighted by atomic mass is 9.80. The van der Waals surface area contributed by atoms with Crippen LogP contribution < -0.4 is 5.32 Å². The zero-order chi connectivity index (χ0) is 22.8. The molecule has 4 heterocycles. The summed E-state index contributed by atoms with van der Waals surface area (Å²) in [6, 6.07) is 11.1. The Labute approximate surface area is 201 Å². The molecule has 5 atom stereocenters. The molecule has 2 saturated heterocycles. The summed E-state index contributed by atoms with van der Waals surface area (Å²) in [5.41, 5.74) is 3.05. The van der Waals surface area contributed by atoms with E-state index in [-0.39, 0.29) is 6.23 Å². The second kappa shape index (κ2) is 10.2. The Morgan fingerprint density at radius 2 is 2.09 bits per heavy atom. The molecule has 2 fully saturated rings. The molecular weight excluding hydrogens is 432 g/mol. The van der Waals surface area contributed by atoms with Gasteiger partial charge in [-0.25, -0.2) is 4.79 Å². The van der Waals surface area contributed by atoms with Gasteiger partial charge < -0.3 is 15.2 Å². The standard InChI is InChI=1S/C27H36N2O3S/c1-18(12-13-19-8-3-2-4-9-19)16-21-25-23(20-10-7-14-29(21)17-20)24(27(30)31)26(33-25)28-22-11-5-6-15-32-22/h2-4,8-9,18,20-22,28H,5-7,10-17H2,1H3,(H,30,31). The van der Waals surface area contributed by atoms with Crippen molar-refractivity contribution in [2.75, 3.05) is 25.0 Å². The Kier molecular flexibility index (Phi) is 7.05. The summed E-state index contributed by atoms with van der Waals surface area (Å²) in [7, 11) is 0. The highest BCUT2D eigenvalue weighted by Gasteiger charge is 2.41. The Morgan fingerprint density at radius 3 is 2.85 bits per heavy atom. The molecule has 5 nitrogen and oxygen atoms in total. The van der Waals surface area contributed by atoms with Gasteiger partial charge in [0.2, 0.25) is 0 Å². The predicted octanol–water partition coefficient (Wildman–Crippen LogP) is 6.28. The molecule has 5 rings (SSSR count). The highest BCUT2D eigenvalue weighted by atomic mass is 32.1. The zero-order valence-corrected chi connectivity index (χ0v) is 20.4. The van der Waals surface area contributed by atoms with Crippen molar-refractivity contribution in [3.63, 3.8) is 0 Å². The van der Waals surface area contributed by atoms with E-state index >= 15 is 0 Å². The first kappa shape index (κ1) is 22.9. The van der Waals surface area contributed by atoms with Gasteiger partial charge in [0.1, 0.15) is 11.2 Å². The van der Waals surface area contributed by atoms with Gasteiger partial charge in [-0.2, -0.15) is 0 Å². The largest absolute Gasteiger partial charge is 0.478 e. The topological polar surface area (TPSA) is 61.8 Å². The molecule has 0 saturated carbocycles. The first-order chi connectivity index (χ1) is 16.1. The van der Waals surface area contributed by atoms with E-state index in [1.807, 2.05) is 0 Å². The van der Waals surface area contributed by atoms with Crippen LogP contribution in [0.3, 0.4) is 0 Å². The average Bonchev–Trinajstić information content (AvgIpc) is 3.21. The number of carboxylic acid groups (broad SMARTS) is 1. The summed E-state index contributed by atoms with van der Waals surface area (Å²) >= 11 is 1.69. The molecule has 2 bridgehead atoms. The number of rotatable bonds is 8. The van der Waals surface area contributed by atoms with Gasteiger partial charge in [-0.15, -0.1) is 11.3 Å². The predicted molar refractivity (Wildman–Crippen MR) is 133 cm³/mol. The monoisotopic (exact) mass is 468 g/mol. The van der Waals surface area contributed by atoms with Crippen LogP contribution in [0.25, 0.3) is 0 Å². The number of anilines is 1. The van der Waals surface area contributed by atoms with Crippen LogP contribution in [0.5, 0.6) is 0 Å². The number of aryl methyl sites for hydroxylation is 1. The molecule has 3 aliphatic heterocycles. The van der Waals surface area contributed by atoms with E-state index in [0.717, 1.165) is 81.6 Å². The van der Waals surface area contributed by atoms with Crippen molar-refractivity contribution in [2.24, 2.45) is 5.92 Å². The summed E-state index contributed by atoms with van der Waals surface area (Å²) < 4.78 is 5.89. The molecule has 0 amide bonds. The van der Waals surface area contributed by atoms with Gasteiger partial charge in [0.05, 0.1) is 5.56 Å². The number of piperidine rings is 1. The summed E-state index contributed by atoms with van der Waals surface area (Å²) in [5.74, 6) is 0.130. The van der Waals surface area contributed by atoms with Crippen LogP contribution in [0, 0.1) is 5.92 Å². The van der Waals surface area contributed by atoms with Crippen molar-refractivity contribution in [1.29, 1.82) is 0 Å².